The third-order valence-corrected chi connectivity index (χ3v) is 5.24. The smallest absolute Gasteiger partial charge is 0.191 e. The predicted molar refractivity (Wildman–Crippen MR) is 118 cm³/mol. The molecule has 0 amide bonds. The Labute approximate surface area is 171 Å². The summed E-state index contributed by atoms with van der Waals surface area (Å²) in [4.78, 5) is 9.07. The largest absolute Gasteiger partial charge is 0.492 e. The van der Waals surface area contributed by atoms with Gasteiger partial charge in [0, 0.05) is 39.3 Å². The number of likely N-dealkylation sites (tertiary alicyclic amines) is 1. The number of nitrogens with zero attached hydrogens (tertiary/aromatic N) is 3. The lowest BCUT2D eigenvalue weighted by molar-refractivity contribution is 0.159. The maximum Gasteiger partial charge on any atom is 0.191 e. The zero-order valence-electron chi connectivity index (χ0n) is 18.2. The lowest BCUT2D eigenvalue weighted by Crippen LogP contribution is -2.41. The summed E-state index contributed by atoms with van der Waals surface area (Å²) in [6, 6.07) is 8.98. The highest BCUT2D eigenvalue weighted by Crippen LogP contribution is 2.16. The van der Waals surface area contributed by atoms with E-state index in [2.05, 4.69) is 58.6 Å². The Bertz CT molecular complexity index is 590. The van der Waals surface area contributed by atoms with Gasteiger partial charge in [-0.25, -0.2) is 0 Å². The first-order valence-electron chi connectivity index (χ1n) is 10.6. The molecule has 2 N–H and O–H groups in total. The van der Waals surface area contributed by atoms with E-state index in [1.807, 2.05) is 19.2 Å². The number of hydrogen-bond acceptors (Lipinski definition) is 4. The molecule has 6 heteroatoms. The van der Waals surface area contributed by atoms with E-state index in [1.165, 1.54) is 31.4 Å². The quantitative estimate of drug-likeness (QED) is 0.366. The molecule has 2 rings (SSSR count). The zero-order valence-corrected chi connectivity index (χ0v) is 18.2. The van der Waals surface area contributed by atoms with Crippen molar-refractivity contribution in [2.24, 2.45) is 4.99 Å². The predicted octanol–water partition coefficient (Wildman–Crippen LogP) is 2.56. The van der Waals surface area contributed by atoms with Gasteiger partial charge in [-0.2, -0.15) is 0 Å². The fourth-order valence-corrected chi connectivity index (χ4v) is 3.48. The van der Waals surface area contributed by atoms with Crippen LogP contribution in [0, 0.1) is 0 Å². The fourth-order valence-electron chi connectivity index (χ4n) is 3.48. The lowest BCUT2D eigenvalue weighted by atomic mass is 10.0. The first-order valence-corrected chi connectivity index (χ1v) is 10.6. The minimum Gasteiger partial charge on any atom is -0.492 e. The standard InChI is InChI=1S/C22H39N5O/c1-19-9-5-6-13-27(19)14-8-12-24-22(23-2)25-18-20-10-7-11-21(17-20)28-16-15-26(3)4/h7,10-11,17,19H,5-6,8-9,12-16,18H2,1-4H3,(H2,23,24,25). The van der Waals surface area contributed by atoms with Crippen molar-refractivity contribution in [2.75, 3.05) is 53.9 Å². The molecular weight excluding hydrogens is 350 g/mol. The Hall–Kier alpha value is -1.79. The molecule has 0 radical (unpaired) electrons. The molecule has 28 heavy (non-hydrogen) atoms. The van der Waals surface area contributed by atoms with Crippen LogP contribution >= 0.6 is 0 Å². The summed E-state index contributed by atoms with van der Waals surface area (Å²) in [5, 5.41) is 6.83. The van der Waals surface area contributed by atoms with Crippen LogP contribution in [0.3, 0.4) is 0 Å². The maximum atomic E-state index is 5.82. The van der Waals surface area contributed by atoms with E-state index < -0.39 is 0 Å². The van der Waals surface area contributed by atoms with Gasteiger partial charge in [-0.15, -0.1) is 0 Å². The number of rotatable bonds is 10. The van der Waals surface area contributed by atoms with Gasteiger partial charge in [-0.05, 0) is 64.5 Å². The highest BCUT2D eigenvalue weighted by Gasteiger charge is 2.17. The monoisotopic (exact) mass is 389 g/mol. The van der Waals surface area contributed by atoms with Gasteiger partial charge in [0.2, 0.25) is 0 Å². The summed E-state index contributed by atoms with van der Waals surface area (Å²) in [5.41, 5.74) is 1.19. The lowest BCUT2D eigenvalue weighted by Gasteiger charge is -2.33. The van der Waals surface area contributed by atoms with Crippen LogP contribution in [0.5, 0.6) is 5.75 Å². The first kappa shape index (κ1) is 22.5. The number of piperidine rings is 1. The topological polar surface area (TPSA) is 52.1 Å². The summed E-state index contributed by atoms with van der Waals surface area (Å²) in [7, 11) is 5.92. The van der Waals surface area contributed by atoms with E-state index in [9.17, 15) is 0 Å². The second kappa shape index (κ2) is 12.6. The molecule has 0 bridgehead atoms. The van der Waals surface area contributed by atoms with Crippen molar-refractivity contribution in [2.45, 2.75) is 45.2 Å². The minimum absolute atomic E-state index is 0.697. The van der Waals surface area contributed by atoms with Crippen molar-refractivity contribution < 1.29 is 4.74 Å². The Morgan fingerprint density at radius 1 is 1.29 bits per heavy atom. The van der Waals surface area contributed by atoms with Crippen molar-refractivity contribution >= 4 is 5.96 Å². The van der Waals surface area contributed by atoms with Gasteiger partial charge in [-0.1, -0.05) is 18.6 Å². The molecule has 0 aromatic heterocycles. The second-order valence-electron chi connectivity index (χ2n) is 7.89. The van der Waals surface area contributed by atoms with Crippen molar-refractivity contribution in [3.8, 4) is 5.75 Å². The van der Waals surface area contributed by atoms with E-state index in [1.54, 1.807) is 0 Å². The third kappa shape index (κ3) is 8.48. The number of benzene rings is 1. The fraction of sp³-hybridized carbons (Fsp3) is 0.682. The van der Waals surface area contributed by atoms with Gasteiger partial charge in [-0.3, -0.25) is 4.99 Å². The molecule has 1 aromatic carbocycles. The number of likely N-dealkylation sites (N-methyl/N-ethyl adjacent to an activating group) is 1. The van der Waals surface area contributed by atoms with Crippen molar-refractivity contribution in [3.63, 3.8) is 0 Å². The average molecular weight is 390 g/mol. The van der Waals surface area contributed by atoms with Gasteiger partial charge in [0.1, 0.15) is 12.4 Å². The van der Waals surface area contributed by atoms with Crippen LogP contribution in [0.1, 0.15) is 38.2 Å². The van der Waals surface area contributed by atoms with Gasteiger partial charge in [0.05, 0.1) is 0 Å². The highest BCUT2D eigenvalue weighted by atomic mass is 16.5. The SMILES string of the molecule is CN=C(NCCCN1CCCCC1C)NCc1cccc(OCCN(C)C)c1. The van der Waals surface area contributed by atoms with Crippen molar-refractivity contribution in [3.05, 3.63) is 29.8 Å². The van der Waals surface area contributed by atoms with Gasteiger partial charge < -0.3 is 25.2 Å². The number of hydrogen-bond donors (Lipinski definition) is 2. The molecule has 1 fully saturated rings. The summed E-state index contributed by atoms with van der Waals surface area (Å²) in [5.74, 6) is 1.77. The van der Waals surface area contributed by atoms with Crippen LogP contribution in [-0.4, -0.2) is 75.7 Å². The van der Waals surface area contributed by atoms with Gasteiger partial charge in [0.25, 0.3) is 0 Å². The summed E-state index contributed by atoms with van der Waals surface area (Å²) >= 11 is 0. The van der Waals surface area contributed by atoms with Crippen LogP contribution in [-0.2, 0) is 6.54 Å². The van der Waals surface area contributed by atoms with E-state index in [0.717, 1.165) is 50.4 Å². The molecule has 1 atom stereocenters. The molecule has 6 nitrogen and oxygen atoms in total. The Balaban J connectivity index is 1.67. The normalized spacial score (nSPS) is 18.3. The Morgan fingerprint density at radius 2 is 2.14 bits per heavy atom. The molecule has 1 unspecified atom stereocenters. The number of nitrogens with one attached hydrogen (secondary N) is 2. The molecule has 1 aromatic rings. The Morgan fingerprint density at radius 3 is 2.89 bits per heavy atom. The number of aliphatic imine (C=N–C) groups is 1. The molecule has 0 aliphatic carbocycles. The van der Waals surface area contributed by atoms with E-state index in [-0.39, 0.29) is 0 Å². The van der Waals surface area contributed by atoms with Crippen LogP contribution in [0.4, 0.5) is 0 Å². The van der Waals surface area contributed by atoms with Crippen LogP contribution in [0.2, 0.25) is 0 Å². The molecule has 1 aliphatic heterocycles. The summed E-state index contributed by atoms with van der Waals surface area (Å²) in [6.45, 7) is 8.05. The molecule has 1 aliphatic rings. The number of ether oxygens (including phenoxy) is 1. The van der Waals surface area contributed by atoms with Crippen molar-refractivity contribution in [1.29, 1.82) is 0 Å². The van der Waals surface area contributed by atoms with Crippen LogP contribution in [0.25, 0.3) is 0 Å². The number of guanidine groups is 1. The molecule has 1 saturated heterocycles. The average Bonchev–Trinajstić information content (AvgIpc) is 2.69. The van der Waals surface area contributed by atoms with Crippen LogP contribution in [0.15, 0.2) is 29.3 Å². The van der Waals surface area contributed by atoms with Gasteiger partial charge in [0.15, 0.2) is 5.96 Å². The maximum absolute atomic E-state index is 5.82. The van der Waals surface area contributed by atoms with E-state index in [0.29, 0.717) is 6.61 Å². The molecule has 0 saturated carbocycles. The minimum atomic E-state index is 0.697. The molecular formula is C22H39N5O. The van der Waals surface area contributed by atoms with Crippen LogP contribution < -0.4 is 15.4 Å². The van der Waals surface area contributed by atoms with E-state index >= 15 is 0 Å². The molecule has 0 spiro atoms. The second-order valence-corrected chi connectivity index (χ2v) is 7.89. The summed E-state index contributed by atoms with van der Waals surface area (Å²) < 4.78 is 5.82. The van der Waals surface area contributed by atoms with E-state index in [4.69, 9.17) is 4.74 Å². The van der Waals surface area contributed by atoms with Crippen molar-refractivity contribution in [1.82, 2.24) is 20.4 Å². The first-order chi connectivity index (χ1) is 13.6. The molecule has 158 valence electrons. The third-order valence-electron chi connectivity index (χ3n) is 5.24. The Kier molecular flexibility index (Phi) is 10.1. The summed E-state index contributed by atoms with van der Waals surface area (Å²) in [6.07, 6.45) is 5.21. The zero-order chi connectivity index (χ0) is 20.2. The van der Waals surface area contributed by atoms with Gasteiger partial charge >= 0.3 is 0 Å². The highest BCUT2D eigenvalue weighted by molar-refractivity contribution is 5.79. The molecule has 1 heterocycles.